The van der Waals surface area contributed by atoms with Gasteiger partial charge in [-0.25, -0.2) is 0 Å². The maximum Gasteiger partial charge on any atom is 0.198 e. The van der Waals surface area contributed by atoms with E-state index in [0.717, 1.165) is 0 Å². The van der Waals surface area contributed by atoms with Crippen molar-refractivity contribution < 1.29 is 9.59 Å². The summed E-state index contributed by atoms with van der Waals surface area (Å²) in [7, 11) is 0. The fraction of sp³-hybridized carbons (Fsp3) is 0. The second-order valence-electron chi connectivity index (χ2n) is 3.91. The molecular formula is C12H9N3O2. The van der Waals surface area contributed by atoms with Gasteiger partial charge < -0.3 is 16.5 Å². The Morgan fingerprint density at radius 2 is 1.24 bits per heavy atom. The quantitative estimate of drug-likeness (QED) is 0.532. The van der Waals surface area contributed by atoms with Crippen LogP contribution in [0.15, 0.2) is 24.3 Å². The highest BCUT2D eigenvalue weighted by atomic mass is 16.1. The number of hydrogen-bond donors (Lipinski definition) is 3. The number of fused-ring (bicyclic) bond motifs is 2. The van der Waals surface area contributed by atoms with Crippen molar-refractivity contribution in [1.82, 2.24) is 4.98 Å². The van der Waals surface area contributed by atoms with E-state index in [1.54, 1.807) is 24.3 Å². The SMILES string of the molecule is Nc1[nH]c(N)c2c1C(=O)c1ccccc1C2=O. The molecule has 0 amide bonds. The Morgan fingerprint density at radius 1 is 0.824 bits per heavy atom. The highest BCUT2D eigenvalue weighted by Gasteiger charge is 2.34. The van der Waals surface area contributed by atoms with Gasteiger partial charge in [-0.2, -0.15) is 0 Å². The molecule has 84 valence electrons. The number of nitrogen functional groups attached to an aromatic ring is 2. The number of carbonyl (C=O) groups excluding carboxylic acids is 2. The van der Waals surface area contributed by atoms with Gasteiger partial charge in [-0.1, -0.05) is 24.3 Å². The van der Waals surface area contributed by atoms with Crippen molar-refractivity contribution in [2.45, 2.75) is 0 Å². The summed E-state index contributed by atoms with van der Waals surface area (Å²) >= 11 is 0. The van der Waals surface area contributed by atoms with E-state index in [0.29, 0.717) is 11.1 Å². The first-order valence-electron chi connectivity index (χ1n) is 5.06. The Balaban J connectivity index is 2.39. The van der Waals surface area contributed by atoms with Crippen LogP contribution >= 0.6 is 0 Å². The molecule has 1 aromatic heterocycles. The standard InChI is InChI=1S/C12H9N3O2/c13-11-7-8(12(14)15-11)10(17)6-4-2-1-3-5(6)9(7)16/h1-4,15H,13-14H2. The van der Waals surface area contributed by atoms with Crippen molar-refractivity contribution in [3.63, 3.8) is 0 Å². The van der Waals surface area contributed by atoms with E-state index in [4.69, 9.17) is 11.5 Å². The van der Waals surface area contributed by atoms with Crippen LogP contribution in [-0.2, 0) is 0 Å². The van der Waals surface area contributed by atoms with Crippen LogP contribution in [0.1, 0.15) is 31.8 Å². The molecule has 0 unspecified atom stereocenters. The van der Waals surface area contributed by atoms with E-state index in [9.17, 15) is 9.59 Å². The Hall–Kier alpha value is -2.56. The summed E-state index contributed by atoms with van der Waals surface area (Å²) in [6.45, 7) is 0. The Kier molecular flexibility index (Phi) is 1.69. The lowest BCUT2D eigenvalue weighted by atomic mass is 9.86. The number of aromatic amines is 1. The molecule has 3 rings (SSSR count). The minimum Gasteiger partial charge on any atom is -0.385 e. The van der Waals surface area contributed by atoms with Crippen LogP contribution < -0.4 is 11.5 Å². The van der Waals surface area contributed by atoms with Crippen LogP contribution in [0, 0.1) is 0 Å². The number of benzene rings is 1. The average Bonchev–Trinajstić information content (AvgIpc) is 2.62. The molecule has 5 heteroatoms. The first-order valence-corrected chi connectivity index (χ1v) is 5.06. The van der Waals surface area contributed by atoms with Crippen molar-refractivity contribution in [3.8, 4) is 0 Å². The van der Waals surface area contributed by atoms with Crippen LogP contribution in [-0.4, -0.2) is 16.6 Å². The summed E-state index contributed by atoms with van der Waals surface area (Å²) in [6, 6.07) is 6.64. The summed E-state index contributed by atoms with van der Waals surface area (Å²) < 4.78 is 0. The molecule has 0 saturated heterocycles. The highest BCUT2D eigenvalue weighted by molar-refractivity contribution is 6.31. The lowest BCUT2D eigenvalue weighted by Gasteiger charge is -2.14. The van der Waals surface area contributed by atoms with Gasteiger partial charge in [0, 0.05) is 11.1 Å². The van der Waals surface area contributed by atoms with E-state index < -0.39 is 0 Å². The minimum atomic E-state index is -0.263. The van der Waals surface area contributed by atoms with Crippen molar-refractivity contribution in [2.24, 2.45) is 0 Å². The van der Waals surface area contributed by atoms with Crippen LogP contribution in [0.2, 0.25) is 0 Å². The third kappa shape index (κ3) is 1.08. The van der Waals surface area contributed by atoms with Crippen LogP contribution in [0.4, 0.5) is 11.6 Å². The molecule has 17 heavy (non-hydrogen) atoms. The summed E-state index contributed by atoms with van der Waals surface area (Å²) in [4.78, 5) is 27.0. The third-order valence-corrected chi connectivity index (χ3v) is 2.93. The zero-order valence-corrected chi connectivity index (χ0v) is 8.78. The molecule has 1 aliphatic rings. The predicted molar refractivity (Wildman–Crippen MR) is 62.9 cm³/mol. The smallest absolute Gasteiger partial charge is 0.198 e. The lowest BCUT2D eigenvalue weighted by Crippen LogP contribution is -2.20. The summed E-state index contributed by atoms with van der Waals surface area (Å²) in [5.41, 5.74) is 12.4. The molecule has 0 bridgehead atoms. The molecular weight excluding hydrogens is 218 g/mol. The zero-order valence-electron chi connectivity index (χ0n) is 8.78. The molecule has 0 spiro atoms. The van der Waals surface area contributed by atoms with Crippen molar-refractivity contribution in [3.05, 3.63) is 46.5 Å². The van der Waals surface area contributed by atoms with E-state index in [1.807, 2.05) is 0 Å². The van der Waals surface area contributed by atoms with Gasteiger partial charge >= 0.3 is 0 Å². The number of rotatable bonds is 0. The molecule has 2 aromatic rings. The van der Waals surface area contributed by atoms with E-state index in [2.05, 4.69) is 4.98 Å². The number of nitrogens with two attached hydrogens (primary N) is 2. The van der Waals surface area contributed by atoms with Gasteiger partial charge in [0.1, 0.15) is 11.6 Å². The predicted octanol–water partition coefficient (Wildman–Crippen LogP) is 0.955. The fourth-order valence-corrected chi connectivity index (χ4v) is 2.16. The molecule has 5 nitrogen and oxygen atoms in total. The molecule has 0 fully saturated rings. The van der Waals surface area contributed by atoms with Gasteiger partial charge in [0.25, 0.3) is 0 Å². The molecule has 5 N–H and O–H groups in total. The summed E-state index contributed by atoms with van der Waals surface area (Å²) in [5, 5.41) is 0. The van der Waals surface area contributed by atoms with Gasteiger partial charge in [0.05, 0.1) is 11.1 Å². The number of hydrogen-bond acceptors (Lipinski definition) is 4. The van der Waals surface area contributed by atoms with Crippen LogP contribution in [0.25, 0.3) is 0 Å². The van der Waals surface area contributed by atoms with E-state index >= 15 is 0 Å². The number of H-pyrrole nitrogens is 1. The molecule has 0 atom stereocenters. The van der Waals surface area contributed by atoms with Gasteiger partial charge in [-0.05, 0) is 0 Å². The van der Waals surface area contributed by atoms with Crippen molar-refractivity contribution >= 4 is 23.2 Å². The number of aromatic nitrogens is 1. The monoisotopic (exact) mass is 227 g/mol. The maximum atomic E-state index is 12.2. The topological polar surface area (TPSA) is 102 Å². The first kappa shape index (κ1) is 9.65. The number of anilines is 2. The Morgan fingerprint density at radius 3 is 1.65 bits per heavy atom. The minimum absolute atomic E-state index is 0.144. The normalized spacial score (nSPS) is 13.4. The maximum absolute atomic E-state index is 12.2. The molecule has 0 radical (unpaired) electrons. The van der Waals surface area contributed by atoms with Crippen LogP contribution in [0.5, 0.6) is 0 Å². The number of carbonyl (C=O) groups is 2. The molecule has 0 saturated carbocycles. The Labute approximate surface area is 96.4 Å². The molecule has 0 aliphatic heterocycles. The number of ketones is 2. The van der Waals surface area contributed by atoms with E-state index in [1.165, 1.54) is 0 Å². The highest BCUT2D eigenvalue weighted by Crippen LogP contribution is 2.33. The largest absolute Gasteiger partial charge is 0.385 e. The lowest BCUT2D eigenvalue weighted by molar-refractivity contribution is 0.0981. The third-order valence-electron chi connectivity index (χ3n) is 2.93. The zero-order chi connectivity index (χ0) is 12.2. The second kappa shape index (κ2) is 2.98. The molecule has 1 aromatic carbocycles. The van der Waals surface area contributed by atoms with Gasteiger partial charge in [0.15, 0.2) is 11.6 Å². The number of nitrogens with one attached hydrogen (secondary N) is 1. The van der Waals surface area contributed by atoms with Gasteiger partial charge in [0.2, 0.25) is 0 Å². The second-order valence-corrected chi connectivity index (χ2v) is 3.91. The van der Waals surface area contributed by atoms with Crippen molar-refractivity contribution in [1.29, 1.82) is 0 Å². The first-order chi connectivity index (χ1) is 8.11. The Bertz CT molecular complexity index is 615. The summed E-state index contributed by atoms with van der Waals surface area (Å²) in [6.07, 6.45) is 0. The molecule has 1 aliphatic carbocycles. The van der Waals surface area contributed by atoms with E-state index in [-0.39, 0.29) is 34.3 Å². The summed E-state index contributed by atoms with van der Waals surface area (Å²) in [5.74, 6) is -0.239. The van der Waals surface area contributed by atoms with Crippen LogP contribution in [0.3, 0.4) is 0 Å². The molecule has 1 heterocycles. The average molecular weight is 227 g/mol. The van der Waals surface area contributed by atoms with Gasteiger partial charge in [-0.15, -0.1) is 0 Å². The van der Waals surface area contributed by atoms with Gasteiger partial charge in [-0.3, -0.25) is 9.59 Å². The fourth-order valence-electron chi connectivity index (χ4n) is 2.16. The van der Waals surface area contributed by atoms with Crippen molar-refractivity contribution in [2.75, 3.05) is 11.5 Å².